The highest BCUT2D eigenvalue weighted by Gasteiger charge is 2.29. The standard InChI is InChI=1S/C17H19Br2ClN2O3/c18-12-6-10(7-13(19)17(12)25-5-1-3-21)2-4-22-9-11-15(23)8-14(20)16(11)24/h6-7,9,14,24H,1-5,8,21H2. The van der Waals surface area contributed by atoms with Gasteiger partial charge in [-0.1, -0.05) is 0 Å². The van der Waals surface area contributed by atoms with E-state index in [-0.39, 0.29) is 23.5 Å². The third-order valence-corrected chi connectivity index (χ3v) is 5.18. The molecule has 25 heavy (non-hydrogen) atoms. The van der Waals surface area contributed by atoms with Gasteiger partial charge in [0.25, 0.3) is 0 Å². The molecule has 0 radical (unpaired) electrons. The topological polar surface area (TPSA) is 84.9 Å². The average molecular weight is 495 g/mol. The second-order valence-corrected chi connectivity index (χ2v) is 7.79. The lowest BCUT2D eigenvalue weighted by molar-refractivity contribution is -0.114. The fraction of sp³-hybridized carbons (Fsp3) is 0.412. The van der Waals surface area contributed by atoms with Gasteiger partial charge in [-0.15, -0.1) is 11.6 Å². The van der Waals surface area contributed by atoms with E-state index < -0.39 is 5.38 Å². The van der Waals surface area contributed by atoms with Crippen LogP contribution in [0.2, 0.25) is 0 Å². The van der Waals surface area contributed by atoms with Gasteiger partial charge in [-0.25, -0.2) is 0 Å². The molecule has 1 aromatic rings. The molecule has 0 aliphatic heterocycles. The molecule has 1 aliphatic rings. The Morgan fingerprint density at radius 3 is 2.64 bits per heavy atom. The summed E-state index contributed by atoms with van der Waals surface area (Å²) in [5.41, 5.74) is 6.74. The first-order valence-corrected chi connectivity index (χ1v) is 9.87. The normalized spacial score (nSPS) is 17.8. The zero-order valence-electron chi connectivity index (χ0n) is 13.5. The van der Waals surface area contributed by atoms with Crippen LogP contribution in [0.5, 0.6) is 5.75 Å². The lowest BCUT2D eigenvalue weighted by atomic mass is 10.1. The van der Waals surface area contributed by atoms with Crippen LogP contribution in [0, 0.1) is 0 Å². The third kappa shape index (κ3) is 5.54. The van der Waals surface area contributed by atoms with Gasteiger partial charge in [0.05, 0.1) is 26.5 Å². The Morgan fingerprint density at radius 1 is 1.40 bits per heavy atom. The Labute approximate surface area is 168 Å². The molecule has 0 saturated carbocycles. The van der Waals surface area contributed by atoms with Crippen LogP contribution < -0.4 is 10.5 Å². The van der Waals surface area contributed by atoms with Gasteiger partial charge < -0.3 is 15.6 Å². The minimum Gasteiger partial charge on any atom is -0.510 e. The van der Waals surface area contributed by atoms with Gasteiger partial charge in [-0.3, -0.25) is 9.79 Å². The Bertz CT molecular complexity index is 684. The number of aliphatic hydroxyl groups is 1. The highest BCUT2D eigenvalue weighted by molar-refractivity contribution is 9.11. The molecule has 5 nitrogen and oxygen atoms in total. The minimum atomic E-state index is -0.632. The lowest BCUT2D eigenvalue weighted by Crippen LogP contribution is -2.07. The van der Waals surface area contributed by atoms with Gasteiger partial charge in [-0.2, -0.15) is 0 Å². The number of nitrogens with zero attached hydrogens (tertiary/aromatic N) is 1. The summed E-state index contributed by atoms with van der Waals surface area (Å²) < 4.78 is 7.41. The van der Waals surface area contributed by atoms with Gasteiger partial charge in [-0.05, 0) is 68.9 Å². The molecule has 1 atom stereocenters. The lowest BCUT2D eigenvalue weighted by Gasteiger charge is -2.11. The molecule has 0 fully saturated rings. The Hall–Kier alpha value is -0.890. The van der Waals surface area contributed by atoms with Crippen molar-refractivity contribution < 1.29 is 14.6 Å². The van der Waals surface area contributed by atoms with Crippen molar-refractivity contribution in [2.75, 3.05) is 19.7 Å². The molecule has 136 valence electrons. The molecule has 1 aliphatic carbocycles. The van der Waals surface area contributed by atoms with Crippen molar-refractivity contribution in [3.8, 4) is 5.75 Å². The summed E-state index contributed by atoms with van der Waals surface area (Å²) in [5.74, 6) is 0.492. The van der Waals surface area contributed by atoms with Crippen molar-refractivity contribution in [1.29, 1.82) is 0 Å². The second-order valence-electron chi connectivity index (χ2n) is 5.56. The minimum absolute atomic E-state index is 0.0834. The highest BCUT2D eigenvalue weighted by atomic mass is 79.9. The zero-order valence-corrected chi connectivity index (χ0v) is 17.4. The van der Waals surface area contributed by atoms with E-state index in [1.165, 1.54) is 6.21 Å². The van der Waals surface area contributed by atoms with E-state index in [0.29, 0.717) is 26.1 Å². The number of hydrogen-bond acceptors (Lipinski definition) is 5. The molecular formula is C17H19Br2ClN2O3. The summed E-state index contributed by atoms with van der Waals surface area (Å²) in [5, 5.41) is 9.11. The number of rotatable bonds is 8. The van der Waals surface area contributed by atoms with Gasteiger partial charge >= 0.3 is 0 Å². The van der Waals surface area contributed by atoms with Gasteiger partial charge in [0.1, 0.15) is 11.5 Å². The van der Waals surface area contributed by atoms with Crippen molar-refractivity contribution >= 4 is 55.5 Å². The molecule has 1 aromatic carbocycles. The summed E-state index contributed by atoms with van der Waals surface area (Å²) in [4.78, 5) is 15.9. The SMILES string of the molecule is NCCCOc1c(Br)cc(CCN=CC2=C(O)C(Cl)CC2=O)cc1Br. The monoisotopic (exact) mass is 492 g/mol. The summed E-state index contributed by atoms with van der Waals surface area (Å²) in [7, 11) is 0. The number of aliphatic imine (C=N–C) groups is 1. The molecule has 0 bridgehead atoms. The predicted octanol–water partition coefficient (Wildman–Crippen LogP) is 3.94. The number of nitrogens with two attached hydrogens (primary N) is 1. The maximum Gasteiger partial charge on any atom is 0.169 e. The Morgan fingerprint density at radius 2 is 2.08 bits per heavy atom. The Balaban J connectivity index is 1.95. The van der Waals surface area contributed by atoms with E-state index >= 15 is 0 Å². The predicted molar refractivity (Wildman–Crippen MR) is 107 cm³/mol. The quantitative estimate of drug-likeness (QED) is 0.326. The first-order chi connectivity index (χ1) is 11.9. The third-order valence-electron chi connectivity index (χ3n) is 3.64. The van der Waals surface area contributed by atoms with Crippen LogP contribution in [0.25, 0.3) is 0 Å². The first-order valence-electron chi connectivity index (χ1n) is 7.85. The number of carbonyl (C=O) groups is 1. The van der Waals surface area contributed by atoms with E-state index in [9.17, 15) is 9.90 Å². The van der Waals surface area contributed by atoms with Crippen molar-refractivity contribution in [3.05, 3.63) is 38.0 Å². The number of carbonyl (C=O) groups excluding carboxylic acids is 1. The number of ether oxygens (including phenoxy) is 1. The molecule has 0 spiro atoms. The van der Waals surface area contributed by atoms with E-state index in [1.807, 2.05) is 12.1 Å². The highest BCUT2D eigenvalue weighted by Crippen LogP contribution is 2.35. The Kier molecular flexibility index (Phi) is 7.93. The van der Waals surface area contributed by atoms with Crippen LogP contribution in [0.15, 0.2) is 37.4 Å². The fourth-order valence-electron chi connectivity index (χ4n) is 2.32. The summed E-state index contributed by atoms with van der Waals surface area (Å²) in [6.45, 7) is 1.64. The van der Waals surface area contributed by atoms with Crippen LogP contribution in [-0.2, 0) is 11.2 Å². The van der Waals surface area contributed by atoms with E-state index in [2.05, 4.69) is 36.9 Å². The fourth-order valence-corrected chi connectivity index (χ4v) is 4.09. The van der Waals surface area contributed by atoms with E-state index in [4.69, 9.17) is 22.1 Å². The molecule has 0 saturated heterocycles. The molecule has 0 heterocycles. The number of allylic oxidation sites excluding steroid dienone is 2. The molecule has 1 unspecified atom stereocenters. The number of Topliss-reactive ketones (excluding diaryl/α,β-unsaturated/α-hetero) is 1. The number of ketones is 1. The largest absolute Gasteiger partial charge is 0.510 e. The first kappa shape index (κ1) is 20.4. The van der Waals surface area contributed by atoms with Crippen molar-refractivity contribution in [3.63, 3.8) is 0 Å². The van der Waals surface area contributed by atoms with Crippen molar-refractivity contribution in [2.24, 2.45) is 10.7 Å². The van der Waals surface area contributed by atoms with Crippen LogP contribution in [0.1, 0.15) is 18.4 Å². The maximum absolute atomic E-state index is 11.7. The zero-order chi connectivity index (χ0) is 18.4. The molecular weight excluding hydrogens is 475 g/mol. The summed E-state index contributed by atoms with van der Waals surface area (Å²) in [6, 6.07) is 3.95. The van der Waals surface area contributed by atoms with E-state index in [0.717, 1.165) is 26.7 Å². The molecule has 3 N–H and O–H groups in total. The van der Waals surface area contributed by atoms with Crippen LogP contribution in [-0.4, -0.2) is 42.2 Å². The number of benzene rings is 1. The number of aliphatic hydroxyl groups excluding tert-OH is 1. The summed E-state index contributed by atoms with van der Waals surface area (Å²) >= 11 is 12.9. The summed E-state index contributed by atoms with van der Waals surface area (Å²) in [6.07, 6.45) is 3.01. The number of halogens is 3. The van der Waals surface area contributed by atoms with Crippen LogP contribution in [0.4, 0.5) is 0 Å². The van der Waals surface area contributed by atoms with Gasteiger partial charge in [0.2, 0.25) is 0 Å². The maximum atomic E-state index is 11.7. The van der Waals surface area contributed by atoms with E-state index in [1.54, 1.807) is 0 Å². The second kappa shape index (κ2) is 9.71. The smallest absolute Gasteiger partial charge is 0.169 e. The number of hydrogen-bond donors (Lipinski definition) is 2. The van der Waals surface area contributed by atoms with Gasteiger partial charge in [0, 0.05) is 19.2 Å². The average Bonchev–Trinajstić information content (AvgIpc) is 2.80. The van der Waals surface area contributed by atoms with Crippen molar-refractivity contribution in [2.45, 2.75) is 24.6 Å². The number of alkyl halides is 1. The van der Waals surface area contributed by atoms with Gasteiger partial charge in [0.15, 0.2) is 5.78 Å². The molecule has 2 rings (SSSR count). The van der Waals surface area contributed by atoms with Crippen LogP contribution >= 0.6 is 43.5 Å². The molecule has 8 heteroatoms. The van der Waals surface area contributed by atoms with Crippen LogP contribution in [0.3, 0.4) is 0 Å². The van der Waals surface area contributed by atoms with Crippen molar-refractivity contribution in [1.82, 2.24) is 0 Å². The molecule has 0 aromatic heterocycles. The molecule has 0 amide bonds.